The first-order valence-electron chi connectivity index (χ1n) is 8.52. The zero-order valence-electron chi connectivity index (χ0n) is 15.6. The largest absolute Gasteiger partial charge is 0.496 e. The van der Waals surface area contributed by atoms with Gasteiger partial charge in [0.15, 0.2) is 5.78 Å². The summed E-state index contributed by atoms with van der Waals surface area (Å²) in [5, 5.41) is 3.65. The van der Waals surface area contributed by atoms with Crippen LogP contribution in [0.25, 0.3) is 0 Å². The molecule has 0 bridgehead atoms. The van der Waals surface area contributed by atoms with Crippen molar-refractivity contribution in [2.45, 2.75) is 40.5 Å². The molecule has 0 N–H and O–H groups in total. The van der Waals surface area contributed by atoms with E-state index in [9.17, 15) is 4.79 Å². The highest BCUT2D eigenvalue weighted by Gasteiger charge is 2.30. The molecule has 1 heterocycles. The summed E-state index contributed by atoms with van der Waals surface area (Å²) in [6.07, 6.45) is 3.89. The van der Waals surface area contributed by atoms with Gasteiger partial charge in [0.25, 0.3) is 0 Å². The van der Waals surface area contributed by atoms with E-state index < -0.39 is 0 Å². The Labute approximate surface area is 160 Å². The summed E-state index contributed by atoms with van der Waals surface area (Å²) in [6, 6.07) is 5.11. The minimum Gasteiger partial charge on any atom is -0.496 e. The number of ketones is 1. The van der Waals surface area contributed by atoms with Crippen molar-refractivity contribution in [2.24, 2.45) is 5.41 Å². The fraction of sp³-hybridized carbons (Fsp3) is 0.450. The predicted molar refractivity (Wildman–Crippen MR) is 107 cm³/mol. The number of hydrogen-bond acceptors (Lipinski definition) is 4. The van der Waals surface area contributed by atoms with Crippen molar-refractivity contribution in [1.82, 2.24) is 4.90 Å². The summed E-state index contributed by atoms with van der Waals surface area (Å²) in [5.41, 5.74) is 1.78. The van der Waals surface area contributed by atoms with E-state index in [2.05, 4.69) is 38.0 Å². The van der Waals surface area contributed by atoms with E-state index in [4.69, 9.17) is 16.3 Å². The maximum atomic E-state index is 12.8. The minimum absolute atomic E-state index is 0.0348. The molecule has 1 aliphatic rings. The van der Waals surface area contributed by atoms with Crippen molar-refractivity contribution in [3.63, 3.8) is 0 Å². The number of rotatable bonds is 6. The fourth-order valence-corrected chi connectivity index (χ4v) is 4.04. The monoisotopic (exact) mass is 379 g/mol. The lowest BCUT2D eigenvalue weighted by Crippen LogP contribution is -2.27. The van der Waals surface area contributed by atoms with Crippen LogP contribution in [0.4, 0.5) is 0 Å². The summed E-state index contributed by atoms with van der Waals surface area (Å²) >= 11 is 7.67. The third-order valence-electron chi connectivity index (χ3n) is 4.03. The van der Waals surface area contributed by atoms with Crippen LogP contribution < -0.4 is 4.74 Å². The average Bonchev–Trinajstić information content (AvgIpc) is 2.95. The molecule has 0 saturated heterocycles. The Morgan fingerprint density at radius 2 is 2.08 bits per heavy atom. The van der Waals surface area contributed by atoms with Gasteiger partial charge in [0.2, 0.25) is 0 Å². The molecule has 3 nitrogen and oxygen atoms in total. The third kappa shape index (κ3) is 4.83. The number of unbranched alkanes of at least 4 members (excludes halogenated alkanes) is 1. The van der Waals surface area contributed by atoms with Crippen LogP contribution >= 0.6 is 23.4 Å². The molecule has 1 aliphatic heterocycles. The van der Waals surface area contributed by atoms with Gasteiger partial charge >= 0.3 is 0 Å². The number of halogens is 1. The van der Waals surface area contributed by atoms with Crippen molar-refractivity contribution < 1.29 is 9.53 Å². The van der Waals surface area contributed by atoms with Gasteiger partial charge in [-0.1, -0.05) is 57.5 Å². The average molecular weight is 380 g/mol. The molecule has 1 aromatic carbocycles. The number of allylic oxidation sites excluding steroid dienone is 2. The molecule has 0 aromatic heterocycles. The first kappa shape index (κ1) is 19.9. The van der Waals surface area contributed by atoms with Gasteiger partial charge in [-0.15, -0.1) is 0 Å². The molecule has 1 aromatic rings. The van der Waals surface area contributed by atoms with Crippen LogP contribution in [0.1, 0.15) is 50.9 Å². The number of benzene rings is 1. The molecule has 0 atom stereocenters. The molecule has 25 heavy (non-hydrogen) atoms. The Hall–Kier alpha value is -1.39. The molecule has 2 rings (SSSR count). The second kappa shape index (κ2) is 8.33. The van der Waals surface area contributed by atoms with Gasteiger partial charge in [-0.05, 0) is 30.0 Å². The predicted octanol–water partition coefficient (Wildman–Crippen LogP) is 6.11. The Morgan fingerprint density at radius 1 is 1.36 bits per heavy atom. The standard InChI is InChI=1S/C20H26ClNO2S/c1-6-7-10-22-18(20(2,3)4)13-25-19(22)12-16(23)15-11-14(21)8-9-17(15)24-5/h8-9,11-13H,6-7,10H2,1-5H3/b19-12+. The van der Waals surface area contributed by atoms with Crippen molar-refractivity contribution in [3.05, 3.63) is 51.0 Å². The number of thioether (sulfide) groups is 1. The van der Waals surface area contributed by atoms with E-state index in [0.717, 1.165) is 24.4 Å². The molecule has 0 amide bonds. The van der Waals surface area contributed by atoms with Crippen LogP contribution in [0, 0.1) is 5.41 Å². The second-order valence-electron chi connectivity index (χ2n) is 7.07. The molecular weight excluding hydrogens is 354 g/mol. The summed E-state index contributed by atoms with van der Waals surface area (Å²) in [5.74, 6) is 0.449. The van der Waals surface area contributed by atoms with E-state index in [0.29, 0.717) is 16.3 Å². The van der Waals surface area contributed by atoms with Crippen LogP contribution in [0.2, 0.25) is 5.02 Å². The number of ether oxygens (including phenoxy) is 1. The van der Waals surface area contributed by atoms with E-state index >= 15 is 0 Å². The lowest BCUT2D eigenvalue weighted by atomic mass is 9.92. The first-order chi connectivity index (χ1) is 11.8. The van der Waals surface area contributed by atoms with Crippen LogP contribution in [-0.2, 0) is 0 Å². The minimum atomic E-state index is -0.0908. The summed E-state index contributed by atoms with van der Waals surface area (Å²) < 4.78 is 5.31. The fourth-order valence-electron chi connectivity index (χ4n) is 2.67. The van der Waals surface area contributed by atoms with Crippen LogP contribution in [0.5, 0.6) is 5.75 Å². The molecule has 0 unspecified atom stereocenters. The van der Waals surface area contributed by atoms with Crippen molar-refractivity contribution in [3.8, 4) is 5.75 Å². The highest BCUT2D eigenvalue weighted by Crippen LogP contribution is 2.43. The quantitative estimate of drug-likeness (QED) is 0.440. The SMILES string of the molecule is CCCCN1C(C(C)(C)C)=CS/C1=C/C(=O)c1cc(Cl)ccc1OC. The third-order valence-corrected chi connectivity index (χ3v) is 5.19. The highest BCUT2D eigenvalue weighted by atomic mass is 35.5. The smallest absolute Gasteiger partial charge is 0.192 e. The van der Waals surface area contributed by atoms with Crippen molar-refractivity contribution in [2.75, 3.05) is 13.7 Å². The number of hydrogen-bond donors (Lipinski definition) is 0. The van der Waals surface area contributed by atoms with Crippen molar-refractivity contribution >= 4 is 29.1 Å². The van der Waals surface area contributed by atoms with Crippen molar-refractivity contribution in [1.29, 1.82) is 0 Å². The molecular formula is C20H26ClNO2S. The maximum Gasteiger partial charge on any atom is 0.192 e. The molecule has 0 spiro atoms. The number of nitrogens with zero attached hydrogens (tertiary/aromatic N) is 1. The van der Waals surface area contributed by atoms with Crippen LogP contribution in [0.3, 0.4) is 0 Å². The molecule has 0 radical (unpaired) electrons. The molecule has 5 heteroatoms. The van der Waals surface area contributed by atoms with Gasteiger partial charge in [-0.2, -0.15) is 0 Å². The Morgan fingerprint density at radius 3 is 2.68 bits per heavy atom. The van der Waals surface area contributed by atoms with Gasteiger partial charge < -0.3 is 9.64 Å². The second-order valence-corrected chi connectivity index (χ2v) is 8.39. The highest BCUT2D eigenvalue weighted by molar-refractivity contribution is 8.06. The Balaban J connectivity index is 2.33. The number of carbonyl (C=O) groups is 1. The zero-order chi connectivity index (χ0) is 18.6. The summed E-state index contributed by atoms with van der Waals surface area (Å²) in [6.45, 7) is 9.68. The van der Waals surface area contributed by atoms with E-state index in [1.807, 2.05) is 0 Å². The van der Waals surface area contributed by atoms with Gasteiger partial charge in [-0.3, -0.25) is 4.79 Å². The number of methoxy groups -OCH3 is 1. The Kier molecular flexibility index (Phi) is 6.64. The Bertz CT molecular complexity index is 704. The molecule has 0 aliphatic carbocycles. The molecule has 136 valence electrons. The topological polar surface area (TPSA) is 29.5 Å². The summed E-state index contributed by atoms with van der Waals surface area (Å²) in [4.78, 5) is 15.1. The summed E-state index contributed by atoms with van der Waals surface area (Å²) in [7, 11) is 1.56. The van der Waals surface area contributed by atoms with E-state index in [1.165, 1.54) is 5.70 Å². The van der Waals surface area contributed by atoms with Crippen LogP contribution in [-0.4, -0.2) is 24.3 Å². The van der Waals surface area contributed by atoms with Gasteiger partial charge in [0, 0.05) is 28.8 Å². The normalized spacial score (nSPS) is 16.3. The van der Waals surface area contributed by atoms with Gasteiger partial charge in [-0.25, -0.2) is 0 Å². The van der Waals surface area contributed by atoms with Crippen LogP contribution in [0.15, 0.2) is 40.4 Å². The van der Waals surface area contributed by atoms with Gasteiger partial charge in [0.1, 0.15) is 5.75 Å². The maximum absolute atomic E-state index is 12.8. The lowest BCUT2D eigenvalue weighted by Gasteiger charge is -2.31. The van der Waals surface area contributed by atoms with E-state index in [-0.39, 0.29) is 11.2 Å². The van der Waals surface area contributed by atoms with E-state index in [1.54, 1.807) is 43.1 Å². The first-order valence-corrected chi connectivity index (χ1v) is 9.78. The number of carbonyl (C=O) groups excluding carboxylic acids is 1. The lowest BCUT2D eigenvalue weighted by molar-refractivity contribution is 0.104. The molecule has 0 saturated carbocycles. The van der Waals surface area contributed by atoms with Gasteiger partial charge in [0.05, 0.1) is 17.7 Å². The zero-order valence-corrected chi connectivity index (χ0v) is 17.1. The molecule has 0 fully saturated rings.